The second-order valence-corrected chi connectivity index (χ2v) is 6.62. The van der Waals surface area contributed by atoms with Crippen LogP contribution in [0.5, 0.6) is 0 Å². The standard InChI is InChI=1S/C11H19N3O2S/c1-4-9(12)7-10-5-6-13-11(14-10)8(2)17(3,15)16/h5-6,8-9H,4,7,12H2,1-3H3. The van der Waals surface area contributed by atoms with Gasteiger partial charge in [0, 0.05) is 30.6 Å². The van der Waals surface area contributed by atoms with Crippen molar-refractivity contribution in [1.82, 2.24) is 9.97 Å². The lowest BCUT2D eigenvalue weighted by Crippen LogP contribution is -2.22. The molecule has 96 valence electrons. The van der Waals surface area contributed by atoms with Crippen LogP contribution in [0.25, 0.3) is 0 Å². The molecule has 1 rings (SSSR count). The molecule has 17 heavy (non-hydrogen) atoms. The van der Waals surface area contributed by atoms with Gasteiger partial charge < -0.3 is 5.73 Å². The van der Waals surface area contributed by atoms with Gasteiger partial charge in [-0.1, -0.05) is 6.92 Å². The van der Waals surface area contributed by atoms with Gasteiger partial charge >= 0.3 is 0 Å². The van der Waals surface area contributed by atoms with Crippen molar-refractivity contribution in [2.75, 3.05) is 6.26 Å². The number of sulfone groups is 1. The van der Waals surface area contributed by atoms with Crippen molar-refractivity contribution in [3.8, 4) is 0 Å². The lowest BCUT2D eigenvalue weighted by Gasteiger charge is -2.11. The summed E-state index contributed by atoms with van der Waals surface area (Å²) in [4.78, 5) is 8.26. The van der Waals surface area contributed by atoms with Crippen molar-refractivity contribution in [3.05, 3.63) is 23.8 Å². The molecular weight excluding hydrogens is 238 g/mol. The van der Waals surface area contributed by atoms with Gasteiger partial charge in [-0.3, -0.25) is 0 Å². The van der Waals surface area contributed by atoms with Gasteiger partial charge in [0.1, 0.15) is 11.1 Å². The van der Waals surface area contributed by atoms with E-state index in [-0.39, 0.29) is 6.04 Å². The third-order valence-corrected chi connectivity index (χ3v) is 4.23. The molecular formula is C11H19N3O2S. The van der Waals surface area contributed by atoms with Crippen molar-refractivity contribution < 1.29 is 8.42 Å². The molecule has 0 aliphatic heterocycles. The molecule has 0 spiro atoms. The van der Waals surface area contributed by atoms with Crippen molar-refractivity contribution in [3.63, 3.8) is 0 Å². The summed E-state index contributed by atoms with van der Waals surface area (Å²) in [6.07, 6.45) is 4.27. The van der Waals surface area contributed by atoms with E-state index in [1.165, 1.54) is 6.26 Å². The first kappa shape index (κ1) is 14.1. The minimum Gasteiger partial charge on any atom is -0.327 e. The molecule has 0 saturated heterocycles. The highest BCUT2D eigenvalue weighted by Crippen LogP contribution is 2.16. The average molecular weight is 257 g/mol. The summed E-state index contributed by atoms with van der Waals surface area (Å²) < 4.78 is 22.8. The van der Waals surface area contributed by atoms with Gasteiger partial charge in [0.2, 0.25) is 0 Å². The Hall–Kier alpha value is -1.01. The number of nitrogens with two attached hydrogens (primary N) is 1. The van der Waals surface area contributed by atoms with E-state index in [0.717, 1.165) is 12.1 Å². The van der Waals surface area contributed by atoms with Gasteiger partial charge in [0.25, 0.3) is 0 Å². The number of hydrogen-bond acceptors (Lipinski definition) is 5. The second-order valence-electron chi connectivity index (χ2n) is 4.25. The van der Waals surface area contributed by atoms with Gasteiger partial charge in [0.05, 0.1) is 0 Å². The van der Waals surface area contributed by atoms with Gasteiger partial charge in [-0.2, -0.15) is 0 Å². The summed E-state index contributed by atoms with van der Waals surface area (Å²) in [7, 11) is -3.16. The van der Waals surface area contributed by atoms with E-state index in [1.807, 2.05) is 6.92 Å². The van der Waals surface area contributed by atoms with Crippen molar-refractivity contribution in [2.45, 2.75) is 38.0 Å². The first-order chi connectivity index (χ1) is 7.84. The zero-order chi connectivity index (χ0) is 13.1. The predicted molar refractivity (Wildman–Crippen MR) is 67.3 cm³/mol. The Bertz CT molecular complexity index is 473. The maximum absolute atomic E-state index is 11.4. The fourth-order valence-corrected chi connectivity index (χ4v) is 1.82. The molecule has 0 saturated carbocycles. The Labute approximate surface area is 102 Å². The summed E-state index contributed by atoms with van der Waals surface area (Å²) >= 11 is 0. The predicted octanol–water partition coefficient (Wildman–Crippen LogP) is 0.862. The lowest BCUT2D eigenvalue weighted by molar-refractivity contribution is 0.587. The van der Waals surface area contributed by atoms with Crippen LogP contribution in [-0.2, 0) is 16.3 Å². The maximum Gasteiger partial charge on any atom is 0.157 e. The van der Waals surface area contributed by atoms with Gasteiger partial charge in [-0.15, -0.1) is 0 Å². The lowest BCUT2D eigenvalue weighted by atomic mass is 10.1. The number of hydrogen-bond donors (Lipinski definition) is 1. The van der Waals surface area contributed by atoms with Gasteiger partial charge in [-0.25, -0.2) is 18.4 Å². The van der Waals surface area contributed by atoms with Crippen LogP contribution < -0.4 is 5.73 Å². The summed E-state index contributed by atoms with van der Waals surface area (Å²) in [6.45, 7) is 3.60. The quantitative estimate of drug-likeness (QED) is 0.845. The first-order valence-electron chi connectivity index (χ1n) is 5.60. The normalized spacial score (nSPS) is 15.5. The third-order valence-electron chi connectivity index (χ3n) is 2.73. The largest absolute Gasteiger partial charge is 0.327 e. The van der Waals surface area contributed by atoms with Gasteiger partial charge in [-0.05, 0) is 19.4 Å². The molecule has 0 aromatic carbocycles. The molecule has 6 heteroatoms. The smallest absolute Gasteiger partial charge is 0.157 e. The zero-order valence-electron chi connectivity index (χ0n) is 10.4. The molecule has 2 unspecified atom stereocenters. The number of aromatic nitrogens is 2. The SMILES string of the molecule is CCC(N)Cc1ccnc(C(C)S(C)(=O)=O)n1. The summed E-state index contributed by atoms with van der Waals surface area (Å²) in [5, 5.41) is -0.680. The van der Waals surface area contributed by atoms with E-state index in [2.05, 4.69) is 9.97 Å². The molecule has 2 atom stereocenters. The zero-order valence-corrected chi connectivity index (χ0v) is 11.2. The van der Waals surface area contributed by atoms with Crippen LogP contribution in [-0.4, -0.2) is 30.7 Å². The van der Waals surface area contributed by atoms with Crippen molar-refractivity contribution in [2.24, 2.45) is 5.73 Å². The second kappa shape index (κ2) is 5.55. The van der Waals surface area contributed by atoms with E-state index >= 15 is 0 Å². The molecule has 0 fully saturated rings. The summed E-state index contributed by atoms with van der Waals surface area (Å²) in [6, 6.07) is 1.82. The van der Waals surface area contributed by atoms with E-state index in [4.69, 9.17) is 5.73 Å². The number of rotatable bonds is 5. The Morgan fingerprint density at radius 3 is 2.65 bits per heavy atom. The Morgan fingerprint density at radius 2 is 2.12 bits per heavy atom. The summed E-state index contributed by atoms with van der Waals surface area (Å²) in [5.41, 5.74) is 6.63. The minimum atomic E-state index is -3.16. The number of nitrogens with zero attached hydrogens (tertiary/aromatic N) is 2. The van der Waals surface area contributed by atoms with Crippen LogP contribution in [0, 0.1) is 0 Å². The molecule has 5 nitrogen and oxygen atoms in total. The van der Waals surface area contributed by atoms with E-state index < -0.39 is 15.1 Å². The van der Waals surface area contributed by atoms with E-state index in [1.54, 1.807) is 19.2 Å². The Balaban J connectivity index is 2.93. The van der Waals surface area contributed by atoms with Crippen LogP contribution in [0.3, 0.4) is 0 Å². The molecule has 1 heterocycles. The monoisotopic (exact) mass is 257 g/mol. The van der Waals surface area contributed by atoms with Crippen LogP contribution in [0.2, 0.25) is 0 Å². The average Bonchev–Trinajstić information content (AvgIpc) is 2.27. The first-order valence-corrected chi connectivity index (χ1v) is 7.56. The molecule has 0 radical (unpaired) electrons. The summed E-state index contributed by atoms with van der Waals surface area (Å²) in [5.74, 6) is 0.341. The molecule has 1 aromatic heterocycles. The fraction of sp³-hybridized carbons (Fsp3) is 0.636. The maximum atomic E-state index is 11.4. The molecule has 0 amide bonds. The Kier molecular flexibility index (Phi) is 4.59. The van der Waals surface area contributed by atoms with Crippen LogP contribution in [0.15, 0.2) is 12.3 Å². The van der Waals surface area contributed by atoms with E-state index in [0.29, 0.717) is 12.2 Å². The van der Waals surface area contributed by atoms with Crippen molar-refractivity contribution in [1.29, 1.82) is 0 Å². The van der Waals surface area contributed by atoms with Crippen LogP contribution >= 0.6 is 0 Å². The van der Waals surface area contributed by atoms with Crippen LogP contribution in [0.1, 0.15) is 37.0 Å². The van der Waals surface area contributed by atoms with E-state index in [9.17, 15) is 8.42 Å². The molecule has 0 aliphatic rings. The topological polar surface area (TPSA) is 85.9 Å². The van der Waals surface area contributed by atoms with Crippen LogP contribution in [0.4, 0.5) is 0 Å². The third kappa shape index (κ3) is 4.05. The highest BCUT2D eigenvalue weighted by Gasteiger charge is 2.20. The minimum absolute atomic E-state index is 0.0475. The molecule has 0 aliphatic carbocycles. The van der Waals surface area contributed by atoms with Gasteiger partial charge in [0.15, 0.2) is 9.84 Å². The fourth-order valence-electron chi connectivity index (χ4n) is 1.33. The highest BCUT2D eigenvalue weighted by molar-refractivity contribution is 7.90. The van der Waals surface area contributed by atoms with Crippen molar-refractivity contribution >= 4 is 9.84 Å². The highest BCUT2D eigenvalue weighted by atomic mass is 32.2. The molecule has 1 aromatic rings. The molecule has 2 N–H and O–H groups in total. The Morgan fingerprint density at radius 1 is 1.47 bits per heavy atom. The molecule has 0 bridgehead atoms.